The van der Waals surface area contributed by atoms with Crippen LogP contribution in [0.15, 0.2) is 0 Å². The van der Waals surface area contributed by atoms with E-state index in [2.05, 4.69) is 0 Å². The van der Waals surface area contributed by atoms with Gasteiger partial charge in [0, 0.05) is 38.7 Å². The molecule has 2 saturated heterocycles. The predicted octanol–water partition coefficient (Wildman–Crippen LogP) is 1.65. The average molecular weight is 298 g/mol. The van der Waals surface area contributed by atoms with Crippen molar-refractivity contribution in [3.8, 4) is 0 Å². The molecule has 21 heavy (non-hydrogen) atoms. The van der Waals surface area contributed by atoms with Crippen molar-refractivity contribution in [3.05, 3.63) is 0 Å². The maximum atomic E-state index is 12.5. The van der Waals surface area contributed by atoms with Gasteiger partial charge in [-0.15, -0.1) is 0 Å². The number of carboxylic acids is 1. The molecule has 0 aromatic carbocycles. The summed E-state index contributed by atoms with van der Waals surface area (Å²) in [5.74, 6) is -0.651. The maximum Gasteiger partial charge on any atom is 0.319 e. The SMILES string of the molecule is CC1CC(C(=O)O)CCN1C(=O)N(C)CC1CCCOC1. The molecule has 0 aliphatic carbocycles. The minimum Gasteiger partial charge on any atom is -0.481 e. The van der Waals surface area contributed by atoms with Crippen LogP contribution in [-0.4, -0.2) is 66.3 Å². The van der Waals surface area contributed by atoms with Crippen molar-refractivity contribution >= 4 is 12.0 Å². The highest BCUT2D eigenvalue weighted by Crippen LogP contribution is 2.24. The van der Waals surface area contributed by atoms with Gasteiger partial charge in [-0.25, -0.2) is 4.79 Å². The first-order valence-electron chi connectivity index (χ1n) is 7.81. The van der Waals surface area contributed by atoms with E-state index in [1.807, 2.05) is 18.9 Å². The van der Waals surface area contributed by atoms with E-state index >= 15 is 0 Å². The second-order valence-corrected chi connectivity index (χ2v) is 6.35. The van der Waals surface area contributed by atoms with Crippen molar-refractivity contribution < 1.29 is 19.4 Å². The Kier molecular flexibility index (Phi) is 5.45. The Morgan fingerprint density at radius 3 is 2.71 bits per heavy atom. The molecule has 2 aliphatic rings. The van der Waals surface area contributed by atoms with Crippen molar-refractivity contribution in [2.75, 3.05) is 33.4 Å². The third kappa shape index (κ3) is 4.09. The smallest absolute Gasteiger partial charge is 0.319 e. The molecule has 6 nitrogen and oxygen atoms in total. The molecule has 2 fully saturated rings. The Morgan fingerprint density at radius 2 is 2.14 bits per heavy atom. The summed E-state index contributed by atoms with van der Waals surface area (Å²) in [4.78, 5) is 27.1. The molecule has 2 aliphatic heterocycles. The molecule has 0 bridgehead atoms. The van der Waals surface area contributed by atoms with Gasteiger partial charge < -0.3 is 19.6 Å². The lowest BCUT2D eigenvalue weighted by Gasteiger charge is -2.39. The Bertz CT molecular complexity index is 382. The molecule has 0 spiro atoms. The Hall–Kier alpha value is -1.30. The van der Waals surface area contributed by atoms with Crippen LogP contribution in [0.2, 0.25) is 0 Å². The van der Waals surface area contributed by atoms with Gasteiger partial charge in [0.25, 0.3) is 0 Å². The molecule has 3 unspecified atom stereocenters. The van der Waals surface area contributed by atoms with Gasteiger partial charge in [-0.05, 0) is 32.6 Å². The molecular weight excluding hydrogens is 272 g/mol. The standard InChI is InChI=1S/C15H26N2O4/c1-11-8-13(14(18)19)5-6-17(11)15(20)16(2)9-12-4-3-7-21-10-12/h11-13H,3-10H2,1-2H3,(H,18,19). The molecule has 1 N–H and O–H groups in total. The van der Waals surface area contributed by atoms with Crippen LogP contribution in [-0.2, 0) is 9.53 Å². The van der Waals surface area contributed by atoms with E-state index in [-0.39, 0.29) is 18.0 Å². The van der Waals surface area contributed by atoms with Crippen LogP contribution in [0.25, 0.3) is 0 Å². The molecule has 0 saturated carbocycles. The van der Waals surface area contributed by atoms with Crippen molar-refractivity contribution in [3.63, 3.8) is 0 Å². The second-order valence-electron chi connectivity index (χ2n) is 6.35. The monoisotopic (exact) mass is 298 g/mol. The lowest BCUT2D eigenvalue weighted by molar-refractivity contribution is -0.143. The van der Waals surface area contributed by atoms with Crippen LogP contribution in [0.3, 0.4) is 0 Å². The van der Waals surface area contributed by atoms with Crippen molar-refractivity contribution in [2.24, 2.45) is 11.8 Å². The largest absolute Gasteiger partial charge is 0.481 e. The lowest BCUT2D eigenvalue weighted by atomic mass is 9.92. The molecule has 0 radical (unpaired) electrons. The van der Waals surface area contributed by atoms with Gasteiger partial charge >= 0.3 is 12.0 Å². The van der Waals surface area contributed by atoms with Crippen molar-refractivity contribution in [2.45, 2.75) is 38.6 Å². The predicted molar refractivity (Wildman–Crippen MR) is 78.1 cm³/mol. The number of urea groups is 1. The number of aliphatic carboxylic acids is 1. The fraction of sp³-hybridized carbons (Fsp3) is 0.867. The van der Waals surface area contributed by atoms with Crippen LogP contribution in [0.5, 0.6) is 0 Å². The Labute approximate surface area is 126 Å². The third-order valence-electron chi connectivity index (χ3n) is 4.58. The van der Waals surface area contributed by atoms with E-state index in [1.165, 1.54) is 0 Å². The molecule has 0 aromatic rings. The van der Waals surface area contributed by atoms with E-state index in [9.17, 15) is 9.59 Å². The van der Waals surface area contributed by atoms with Crippen LogP contribution in [0, 0.1) is 11.8 Å². The molecule has 3 atom stereocenters. The summed E-state index contributed by atoms with van der Waals surface area (Å²) in [6.07, 6.45) is 3.26. The van der Waals surface area contributed by atoms with Crippen LogP contribution in [0.1, 0.15) is 32.6 Å². The minimum atomic E-state index is -0.748. The fourth-order valence-electron chi connectivity index (χ4n) is 3.32. The first-order valence-corrected chi connectivity index (χ1v) is 7.81. The number of piperidine rings is 1. The van der Waals surface area contributed by atoms with E-state index in [4.69, 9.17) is 9.84 Å². The van der Waals surface area contributed by atoms with E-state index in [0.717, 1.165) is 26.1 Å². The molecular formula is C15H26N2O4. The van der Waals surface area contributed by atoms with Gasteiger partial charge in [0.2, 0.25) is 0 Å². The summed E-state index contributed by atoms with van der Waals surface area (Å²) in [5, 5.41) is 9.08. The number of carbonyl (C=O) groups excluding carboxylic acids is 1. The highest BCUT2D eigenvalue weighted by molar-refractivity contribution is 5.75. The Balaban J connectivity index is 1.85. The highest BCUT2D eigenvalue weighted by atomic mass is 16.5. The van der Waals surface area contributed by atoms with Gasteiger partial charge in [0.1, 0.15) is 0 Å². The number of rotatable bonds is 3. The number of hydrogen-bond acceptors (Lipinski definition) is 3. The number of ether oxygens (including phenoxy) is 1. The van der Waals surface area contributed by atoms with Gasteiger partial charge in [0.05, 0.1) is 12.5 Å². The summed E-state index contributed by atoms with van der Waals surface area (Å²) in [7, 11) is 1.83. The second kappa shape index (κ2) is 7.11. The molecule has 120 valence electrons. The zero-order valence-corrected chi connectivity index (χ0v) is 13.0. The first kappa shape index (κ1) is 16.1. The van der Waals surface area contributed by atoms with E-state index < -0.39 is 5.97 Å². The van der Waals surface area contributed by atoms with E-state index in [0.29, 0.717) is 31.8 Å². The number of carboxylic acid groups (broad SMARTS) is 1. The summed E-state index contributed by atoms with van der Waals surface area (Å²) in [6, 6.07) is -0.00526. The van der Waals surface area contributed by atoms with Gasteiger partial charge in [0.15, 0.2) is 0 Å². The number of hydrogen-bond donors (Lipinski definition) is 1. The number of nitrogens with zero attached hydrogens (tertiary/aromatic N) is 2. The molecule has 0 aromatic heterocycles. The Morgan fingerprint density at radius 1 is 1.38 bits per heavy atom. The van der Waals surface area contributed by atoms with Crippen LogP contribution >= 0.6 is 0 Å². The zero-order chi connectivity index (χ0) is 15.4. The number of carbonyl (C=O) groups is 2. The number of likely N-dealkylation sites (tertiary alicyclic amines) is 1. The molecule has 2 rings (SSSR count). The summed E-state index contributed by atoms with van der Waals surface area (Å²) in [6.45, 7) is 4.74. The topological polar surface area (TPSA) is 70.1 Å². The molecule has 2 amide bonds. The van der Waals surface area contributed by atoms with Crippen LogP contribution in [0.4, 0.5) is 4.79 Å². The lowest BCUT2D eigenvalue weighted by Crippen LogP contribution is -2.51. The minimum absolute atomic E-state index is 0.0110. The van der Waals surface area contributed by atoms with Crippen molar-refractivity contribution in [1.82, 2.24) is 9.80 Å². The van der Waals surface area contributed by atoms with E-state index in [1.54, 1.807) is 4.90 Å². The van der Waals surface area contributed by atoms with Gasteiger partial charge in [-0.1, -0.05) is 0 Å². The quantitative estimate of drug-likeness (QED) is 0.860. The maximum absolute atomic E-state index is 12.5. The first-order chi connectivity index (χ1) is 9.99. The normalized spacial score (nSPS) is 30.0. The summed E-state index contributed by atoms with van der Waals surface area (Å²) >= 11 is 0. The fourth-order valence-corrected chi connectivity index (χ4v) is 3.32. The van der Waals surface area contributed by atoms with Crippen LogP contribution < -0.4 is 0 Å². The van der Waals surface area contributed by atoms with Gasteiger partial charge in [-0.3, -0.25) is 4.79 Å². The summed E-state index contributed by atoms with van der Waals surface area (Å²) in [5.41, 5.74) is 0. The third-order valence-corrected chi connectivity index (χ3v) is 4.58. The highest BCUT2D eigenvalue weighted by Gasteiger charge is 2.33. The summed E-state index contributed by atoms with van der Waals surface area (Å²) < 4.78 is 5.45. The van der Waals surface area contributed by atoms with Crippen molar-refractivity contribution in [1.29, 1.82) is 0 Å². The van der Waals surface area contributed by atoms with Gasteiger partial charge in [-0.2, -0.15) is 0 Å². The number of amides is 2. The molecule has 2 heterocycles. The molecule has 6 heteroatoms. The zero-order valence-electron chi connectivity index (χ0n) is 13.0. The average Bonchev–Trinajstić information content (AvgIpc) is 2.47.